The Bertz CT molecular complexity index is 536. The molecule has 1 aromatic carbocycles. The van der Waals surface area contributed by atoms with Crippen LogP contribution in [0.1, 0.15) is 44.6 Å². The van der Waals surface area contributed by atoms with Crippen molar-refractivity contribution in [2.24, 2.45) is 0 Å². The molecular weight excluding hydrogens is 274 g/mol. The highest BCUT2D eigenvalue weighted by molar-refractivity contribution is 5.85. The van der Waals surface area contributed by atoms with Crippen molar-refractivity contribution in [1.82, 2.24) is 5.32 Å². The fraction of sp³-hybridized carbons (Fsp3) is 0.500. The summed E-state index contributed by atoms with van der Waals surface area (Å²) in [5, 5.41) is 14.4. The first-order chi connectivity index (χ1) is 9.11. The predicted octanol–water partition coefficient (Wildman–Crippen LogP) is 3.84. The summed E-state index contributed by atoms with van der Waals surface area (Å²) in [6.45, 7) is 6.79. The molecule has 2 aromatic rings. The normalized spacial score (nSPS) is 12.7. The zero-order valence-corrected chi connectivity index (χ0v) is 13.2. The molecule has 0 aliphatic carbocycles. The maximum absolute atomic E-state index is 10.1. The van der Waals surface area contributed by atoms with Crippen molar-refractivity contribution >= 4 is 23.4 Å². The lowest BCUT2D eigenvalue weighted by Gasteiger charge is -2.11. The highest BCUT2D eigenvalue weighted by Gasteiger charge is 2.15. The van der Waals surface area contributed by atoms with E-state index in [4.69, 9.17) is 4.42 Å². The van der Waals surface area contributed by atoms with Crippen molar-refractivity contribution in [1.29, 1.82) is 0 Å². The van der Waals surface area contributed by atoms with Gasteiger partial charge in [-0.2, -0.15) is 0 Å². The minimum atomic E-state index is -0.593. The average molecular weight is 298 g/mol. The van der Waals surface area contributed by atoms with Gasteiger partial charge in [0, 0.05) is 18.0 Å². The first kappa shape index (κ1) is 17.0. The van der Waals surface area contributed by atoms with Crippen molar-refractivity contribution in [2.45, 2.75) is 45.8 Å². The molecule has 0 aliphatic heterocycles. The lowest BCUT2D eigenvalue weighted by molar-refractivity contribution is 0.147. The van der Waals surface area contributed by atoms with E-state index in [9.17, 15) is 5.11 Å². The summed E-state index contributed by atoms with van der Waals surface area (Å²) >= 11 is 0. The molecular formula is C16H24ClNO2. The zero-order valence-electron chi connectivity index (χ0n) is 12.3. The predicted molar refractivity (Wildman–Crippen MR) is 85.6 cm³/mol. The minimum absolute atomic E-state index is 0. The molecule has 2 N–H and O–H groups in total. The van der Waals surface area contributed by atoms with Crippen LogP contribution in [-0.2, 0) is 6.42 Å². The molecule has 0 spiro atoms. The van der Waals surface area contributed by atoms with E-state index in [1.54, 1.807) is 0 Å². The maximum atomic E-state index is 10.1. The van der Waals surface area contributed by atoms with Gasteiger partial charge in [-0.25, -0.2) is 0 Å². The van der Waals surface area contributed by atoms with E-state index in [0.29, 0.717) is 18.3 Å². The number of halogens is 1. The van der Waals surface area contributed by atoms with E-state index in [-0.39, 0.29) is 12.4 Å². The van der Waals surface area contributed by atoms with Gasteiger partial charge < -0.3 is 14.8 Å². The van der Waals surface area contributed by atoms with Crippen molar-refractivity contribution in [3.63, 3.8) is 0 Å². The number of para-hydroxylation sites is 1. The number of fused-ring (bicyclic) bond motifs is 1. The van der Waals surface area contributed by atoms with E-state index in [1.807, 2.05) is 18.2 Å². The third-order valence-electron chi connectivity index (χ3n) is 3.21. The molecule has 0 saturated carbocycles. The van der Waals surface area contributed by atoms with Gasteiger partial charge in [0.1, 0.15) is 17.4 Å². The summed E-state index contributed by atoms with van der Waals surface area (Å²) < 4.78 is 5.86. The van der Waals surface area contributed by atoms with Crippen LogP contribution in [0.2, 0.25) is 0 Å². The summed E-state index contributed by atoms with van der Waals surface area (Å²) in [4.78, 5) is 0. The van der Waals surface area contributed by atoms with Gasteiger partial charge >= 0.3 is 0 Å². The zero-order chi connectivity index (χ0) is 13.8. The molecule has 0 fully saturated rings. The Balaban J connectivity index is 0.00000200. The highest BCUT2D eigenvalue weighted by atomic mass is 35.5. The molecule has 0 saturated heterocycles. The van der Waals surface area contributed by atoms with Crippen molar-refractivity contribution in [3.05, 3.63) is 35.6 Å². The molecule has 1 aromatic heterocycles. The molecule has 0 amide bonds. The lowest BCUT2D eigenvalue weighted by Crippen LogP contribution is -2.27. The highest BCUT2D eigenvalue weighted by Crippen LogP contribution is 2.27. The Labute approximate surface area is 126 Å². The van der Waals surface area contributed by atoms with Crippen molar-refractivity contribution in [3.8, 4) is 0 Å². The molecule has 112 valence electrons. The third kappa shape index (κ3) is 3.98. The molecule has 1 heterocycles. The largest absolute Gasteiger partial charge is 0.458 e. The smallest absolute Gasteiger partial charge is 0.137 e. The Morgan fingerprint density at radius 2 is 2.05 bits per heavy atom. The van der Waals surface area contributed by atoms with Crippen molar-refractivity contribution in [2.75, 3.05) is 6.54 Å². The monoisotopic (exact) mass is 297 g/mol. The molecule has 3 nitrogen and oxygen atoms in total. The lowest BCUT2D eigenvalue weighted by atomic mass is 10.1. The van der Waals surface area contributed by atoms with E-state index < -0.39 is 6.10 Å². The van der Waals surface area contributed by atoms with Gasteiger partial charge in [-0.3, -0.25) is 0 Å². The topological polar surface area (TPSA) is 45.4 Å². The second-order valence-electron chi connectivity index (χ2n) is 5.31. The molecule has 2 rings (SSSR count). The van der Waals surface area contributed by atoms with Gasteiger partial charge in [0.2, 0.25) is 0 Å². The molecule has 4 heteroatoms. The standard InChI is InChI=1S/C16H23NO2.ClH/c1-4-6-12-7-5-8-13-9-15(19-16(12)13)14(18)10-17-11(2)3;/h5,7-9,11,14,17-18H,4,6,10H2,1-3H3;1H. The number of hydrogen-bond acceptors (Lipinski definition) is 3. The number of rotatable bonds is 6. The van der Waals surface area contributed by atoms with Crippen LogP contribution in [0.5, 0.6) is 0 Å². The van der Waals surface area contributed by atoms with Crippen LogP contribution < -0.4 is 5.32 Å². The van der Waals surface area contributed by atoms with E-state index in [0.717, 1.165) is 23.8 Å². The van der Waals surface area contributed by atoms with Gasteiger partial charge in [0.05, 0.1) is 0 Å². The fourth-order valence-electron chi connectivity index (χ4n) is 2.22. The minimum Gasteiger partial charge on any atom is -0.458 e. The maximum Gasteiger partial charge on any atom is 0.137 e. The SMILES string of the molecule is CCCc1cccc2cc(C(O)CNC(C)C)oc12.Cl. The Morgan fingerprint density at radius 3 is 2.70 bits per heavy atom. The van der Waals surface area contributed by atoms with Gasteiger partial charge in [0.25, 0.3) is 0 Å². The molecule has 20 heavy (non-hydrogen) atoms. The second-order valence-corrected chi connectivity index (χ2v) is 5.31. The number of hydrogen-bond donors (Lipinski definition) is 2. The third-order valence-corrected chi connectivity index (χ3v) is 3.21. The first-order valence-corrected chi connectivity index (χ1v) is 7.04. The van der Waals surface area contributed by atoms with Crippen LogP contribution >= 0.6 is 12.4 Å². The Hall–Kier alpha value is -1.03. The second kappa shape index (κ2) is 7.67. The fourth-order valence-corrected chi connectivity index (χ4v) is 2.22. The molecule has 1 atom stereocenters. The Kier molecular flexibility index (Phi) is 6.53. The van der Waals surface area contributed by atoms with E-state index in [2.05, 4.69) is 32.2 Å². The number of aryl methyl sites for hydroxylation is 1. The van der Waals surface area contributed by atoms with E-state index >= 15 is 0 Å². The summed E-state index contributed by atoms with van der Waals surface area (Å²) in [7, 11) is 0. The number of benzene rings is 1. The van der Waals surface area contributed by atoms with Gasteiger partial charge in [-0.05, 0) is 18.1 Å². The number of furan rings is 1. The quantitative estimate of drug-likeness (QED) is 0.851. The van der Waals surface area contributed by atoms with Crippen LogP contribution in [0, 0.1) is 0 Å². The summed E-state index contributed by atoms with van der Waals surface area (Å²) in [6.07, 6.45) is 1.50. The molecule has 1 unspecified atom stereocenters. The van der Waals surface area contributed by atoms with Crippen LogP contribution in [0.15, 0.2) is 28.7 Å². The van der Waals surface area contributed by atoms with Gasteiger partial charge in [-0.1, -0.05) is 45.4 Å². The molecule has 0 bridgehead atoms. The molecule has 0 radical (unpaired) electrons. The number of aliphatic hydroxyl groups is 1. The van der Waals surface area contributed by atoms with Gasteiger partial charge in [-0.15, -0.1) is 12.4 Å². The summed E-state index contributed by atoms with van der Waals surface area (Å²) in [5.74, 6) is 0.645. The molecule has 0 aliphatic rings. The summed E-state index contributed by atoms with van der Waals surface area (Å²) in [5.41, 5.74) is 2.14. The van der Waals surface area contributed by atoms with Crippen LogP contribution in [-0.4, -0.2) is 17.7 Å². The summed E-state index contributed by atoms with van der Waals surface area (Å²) in [6, 6.07) is 8.48. The number of aliphatic hydroxyl groups excluding tert-OH is 1. The average Bonchev–Trinajstić information content (AvgIpc) is 2.81. The van der Waals surface area contributed by atoms with Crippen LogP contribution in [0.3, 0.4) is 0 Å². The Morgan fingerprint density at radius 1 is 1.30 bits per heavy atom. The van der Waals surface area contributed by atoms with E-state index in [1.165, 1.54) is 5.56 Å². The number of nitrogens with one attached hydrogen (secondary N) is 1. The van der Waals surface area contributed by atoms with Gasteiger partial charge in [0.15, 0.2) is 0 Å². The first-order valence-electron chi connectivity index (χ1n) is 7.04. The van der Waals surface area contributed by atoms with Crippen LogP contribution in [0.4, 0.5) is 0 Å². The van der Waals surface area contributed by atoms with Crippen molar-refractivity contribution < 1.29 is 9.52 Å². The van der Waals surface area contributed by atoms with Crippen LogP contribution in [0.25, 0.3) is 11.0 Å².